The molecule has 3 heterocycles. The van der Waals surface area contributed by atoms with Gasteiger partial charge in [-0.05, 0) is 44.4 Å². The number of allylic oxidation sites excluding steroid dienone is 1. The van der Waals surface area contributed by atoms with Crippen LogP contribution in [0.4, 0.5) is 0 Å². The van der Waals surface area contributed by atoms with E-state index in [1.165, 1.54) is 4.57 Å². The van der Waals surface area contributed by atoms with Crippen LogP contribution in [0.5, 0.6) is 5.75 Å². The van der Waals surface area contributed by atoms with Gasteiger partial charge in [0.1, 0.15) is 17.2 Å². The van der Waals surface area contributed by atoms with E-state index in [0.717, 1.165) is 21.3 Å². The molecular weight excluding hydrogens is 460 g/mol. The minimum absolute atomic E-state index is 0.110. The first-order valence-corrected chi connectivity index (χ1v) is 11.8. The molecule has 9 heteroatoms. The Hall–Kier alpha value is -4.14. The standard InChI is InChI=1S/C27H30N4O5/c1-17-6-8-20(9-7-17)13-22-23(36-21-12-18(2)19(3)28-14-21)15-29-25-24(22)26(33)31(27(34)30(25)4)10-5-11-35-16-32/h6-9,12,14-16,19,28H,5,10-11,13H2,1-4H3. The first-order valence-electron chi connectivity index (χ1n) is 11.8. The Balaban J connectivity index is 1.88. The van der Waals surface area contributed by atoms with Gasteiger partial charge in [0, 0.05) is 37.8 Å². The van der Waals surface area contributed by atoms with E-state index in [1.807, 2.05) is 44.2 Å². The second-order valence-corrected chi connectivity index (χ2v) is 9.01. The van der Waals surface area contributed by atoms with Gasteiger partial charge in [-0.1, -0.05) is 29.8 Å². The Morgan fingerprint density at radius 1 is 1.17 bits per heavy atom. The van der Waals surface area contributed by atoms with Gasteiger partial charge in [-0.2, -0.15) is 0 Å². The second kappa shape index (κ2) is 10.6. The number of fused-ring (bicyclic) bond motifs is 1. The highest BCUT2D eigenvalue weighted by atomic mass is 16.5. The number of benzene rings is 1. The van der Waals surface area contributed by atoms with E-state index in [2.05, 4.69) is 17.2 Å². The van der Waals surface area contributed by atoms with Gasteiger partial charge < -0.3 is 14.8 Å². The molecule has 0 radical (unpaired) electrons. The molecule has 9 nitrogen and oxygen atoms in total. The quantitative estimate of drug-likeness (QED) is 0.363. The molecule has 1 atom stereocenters. The number of pyridine rings is 1. The maximum Gasteiger partial charge on any atom is 0.332 e. The van der Waals surface area contributed by atoms with Crippen molar-refractivity contribution in [2.24, 2.45) is 7.05 Å². The average molecular weight is 491 g/mol. The predicted molar refractivity (Wildman–Crippen MR) is 137 cm³/mol. The first kappa shape index (κ1) is 25.0. The zero-order chi connectivity index (χ0) is 25.8. The highest BCUT2D eigenvalue weighted by molar-refractivity contribution is 5.81. The zero-order valence-corrected chi connectivity index (χ0v) is 20.9. The van der Waals surface area contributed by atoms with Gasteiger partial charge in [-0.15, -0.1) is 0 Å². The molecule has 0 saturated heterocycles. The van der Waals surface area contributed by atoms with E-state index in [0.29, 0.717) is 41.8 Å². The molecule has 1 N–H and O–H groups in total. The number of nitrogens with zero attached hydrogens (tertiary/aromatic N) is 3. The van der Waals surface area contributed by atoms with E-state index in [9.17, 15) is 14.4 Å². The summed E-state index contributed by atoms with van der Waals surface area (Å²) in [5.41, 5.74) is 3.24. The van der Waals surface area contributed by atoms with Crippen LogP contribution in [0.25, 0.3) is 11.0 Å². The molecule has 1 aliphatic heterocycles. The Morgan fingerprint density at radius 3 is 2.61 bits per heavy atom. The van der Waals surface area contributed by atoms with Crippen molar-refractivity contribution in [1.29, 1.82) is 0 Å². The van der Waals surface area contributed by atoms with Crippen molar-refractivity contribution < 1.29 is 14.3 Å². The lowest BCUT2D eigenvalue weighted by Crippen LogP contribution is -2.40. The lowest BCUT2D eigenvalue weighted by Gasteiger charge is -2.21. The van der Waals surface area contributed by atoms with E-state index < -0.39 is 11.2 Å². The summed E-state index contributed by atoms with van der Waals surface area (Å²) < 4.78 is 13.5. The molecular formula is C27H30N4O5. The van der Waals surface area contributed by atoms with Crippen molar-refractivity contribution in [3.8, 4) is 5.75 Å². The summed E-state index contributed by atoms with van der Waals surface area (Å²) in [7, 11) is 1.59. The summed E-state index contributed by atoms with van der Waals surface area (Å²) in [6.07, 6.45) is 6.05. The third-order valence-corrected chi connectivity index (χ3v) is 6.39. The van der Waals surface area contributed by atoms with Crippen molar-refractivity contribution >= 4 is 17.5 Å². The number of aromatic nitrogens is 3. The van der Waals surface area contributed by atoms with E-state index >= 15 is 0 Å². The van der Waals surface area contributed by atoms with Gasteiger partial charge in [-0.3, -0.25) is 18.7 Å². The summed E-state index contributed by atoms with van der Waals surface area (Å²) in [6, 6.07) is 8.25. The van der Waals surface area contributed by atoms with Crippen LogP contribution in [0, 0.1) is 6.92 Å². The lowest BCUT2D eigenvalue weighted by molar-refractivity contribution is -0.128. The van der Waals surface area contributed by atoms with Gasteiger partial charge in [0.05, 0.1) is 18.2 Å². The second-order valence-electron chi connectivity index (χ2n) is 9.01. The number of hydrogen-bond donors (Lipinski definition) is 1. The van der Waals surface area contributed by atoms with Crippen molar-refractivity contribution in [3.63, 3.8) is 0 Å². The maximum atomic E-state index is 13.7. The van der Waals surface area contributed by atoms with Crippen LogP contribution in [-0.2, 0) is 29.5 Å². The van der Waals surface area contributed by atoms with Crippen molar-refractivity contribution in [1.82, 2.24) is 19.4 Å². The summed E-state index contributed by atoms with van der Waals surface area (Å²) >= 11 is 0. The molecule has 2 aromatic heterocycles. The normalized spacial score (nSPS) is 15.2. The molecule has 1 aliphatic rings. The molecule has 0 bridgehead atoms. The topological polar surface area (TPSA) is 104 Å². The number of rotatable bonds is 9. The van der Waals surface area contributed by atoms with Gasteiger partial charge in [0.15, 0.2) is 0 Å². The van der Waals surface area contributed by atoms with Crippen molar-refractivity contribution in [2.45, 2.75) is 46.2 Å². The average Bonchev–Trinajstić information content (AvgIpc) is 2.86. The largest absolute Gasteiger partial charge is 0.468 e. The Bertz CT molecular complexity index is 1460. The Morgan fingerprint density at radius 2 is 1.92 bits per heavy atom. The number of aryl methyl sites for hydroxylation is 2. The molecule has 36 heavy (non-hydrogen) atoms. The van der Waals surface area contributed by atoms with Crippen molar-refractivity contribution in [2.75, 3.05) is 6.61 Å². The third kappa shape index (κ3) is 5.10. The number of nitrogens with one attached hydrogen (secondary N) is 1. The van der Waals surface area contributed by atoms with E-state index in [-0.39, 0.29) is 24.8 Å². The van der Waals surface area contributed by atoms with Gasteiger partial charge in [0.25, 0.3) is 12.0 Å². The smallest absolute Gasteiger partial charge is 0.332 e. The van der Waals surface area contributed by atoms with Crippen LogP contribution in [-0.4, -0.2) is 33.2 Å². The monoisotopic (exact) mass is 490 g/mol. The van der Waals surface area contributed by atoms with Crippen LogP contribution >= 0.6 is 0 Å². The molecule has 0 fully saturated rings. The van der Waals surface area contributed by atoms with Crippen LogP contribution in [0.2, 0.25) is 0 Å². The minimum atomic E-state index is -0.479. The molecule has 4 rings (SSSR count). The van der Waals surface area contributed by atoms with Gasteiger partial charge in [0.2, 0.25) is 0 Å². The van der Waals surface area contributed by atoms with E-state index in [4.69, 9.17) is 9.47 Å². The number of carbonyl (C=O) groups is 1. The maximum absolute atomic E-state index is 13.7. The van der Waals surface area contributed by atoms with Gasteiger partial charge >= 0.3 is 5.69 Å². The molecule has 1 unspecified atom stereocenters. The third-order valence-electron chi connectivity index (χ3n) is 6.39. The summed E-state index contributed by atoms with van der Waals surface area (Å²) in [4.78, 5) is 41.6. The van der Waals surface area contributed by atoms with Gasteiger partial charge in [-0.25, -0.2) is 9.78 Å². The highest BCUT2D eigenvalue weighted by Crippen LogP contribution is 2.29. The van der Waals surface area contributed by atoms with E-state index in [1.54, 1.807) is 19.4 Å². The molecule has 188 valence electrons. The number of hydrogen-bond acceptors (Lipinski definition) is 7. The minimum Gasteiger partial charge on any atom is -0.468 e. The Labute approximate surface area is 208 Å². The molecule has 1 aromatic carbocycles. The summed E-state index contributed by atoms with van der Waals surface area (Å²) in [5.74, 6) is 1.05. The number of carbonyl (C=O) groups excluding carboxylic acids is 1. The molecule has 0 spiro atoms. The summed E-state index contributed by atoms with van der Waals surface area (Å²) in [5, 5.41) is 3.59. The lowest BCUT2D eigenvalue weighted by atomic mass is 10.0. The molecule has 0 amide bonds. The fourth-order valence-corrected chi connectivity index (χ4v) is 4.13. The summed E-state index contributed by atoms with van der Waals surface area (Å²) in [6.45, 7) is 6.66. The Kier molecular flexibility index (Phi) is 7.38. The number of dihydropyridines is 1. The predicted octanol–water partition coefficient (Wildman–Crippen LogP) is 2.72. The fraction of sp³-hybridized carbons (Fsp3) is 0.333. The number of ether oxygens (including phenoxy) is 2. The fourth-order valence-electron chi connectivity index (χ4n) is 4.13. The highest BCUT2D eigenvalue weighted by Gasteiger charge is 2.21. The molecule has 3 aromatic rings. The first-order chi connectivity index (χ1) is 17.3. The van der Waals surface area contributed by atoms with Crippen LogP contribution < -0.4 is 21.3 Å². The SMILES string of the molecule is CC1=CC(Oc2cnc3c(c2Cc2ccc(C)cc2)c(=O)n(CCCOC=O)c(=O)n3C)=CNC1C. The molecule has 0 saturated carbocycles. The van der Waals surface area contributed by atoms with Crippen LogP contribution in [0.3, 0.4) is 0 Å². The zero-order valence-electron chi connectivity index (χ0n) is 20.9. The van der Waals surface area contributed by atoms with Crippen LogP contribution in [0.1, 0.15) is 37.0 Å². The molecule has 0 aliphatic carbocycles. The van der Waals surface area contributed by atoms with Crippen LogP contribution in [0.15, 0.2) is 63.7 Å². The van der Waals surface area contributed by atoms with Crippen molar-refractivity contribution in [3.05, 3.63) is 91.6 Å².